The Morgan fingerprint density at radius 1 is 0.833 bits per heavy atom. The lowest BCUT2D eigenvalue weighted by Gasteiger charge is -2.08. The fourth-order valence-electron chi connectivity index (χ4n) is 2.03. The number of nitrogen functional groups attached to an aromatic ring is 2. The van der Waals surface area contributed by atoms with Crippen LogP contribution < -0.4 is 11.5 Å². The molecule has 0 bridgehead atoms. The van der Waals surface area contributed by atoms with Crippen molar-refractivity contribution in [1.29, 1.82) is 0 Å². The number of hydrogen-bond donors (Lipinski definition) is 2. The molecule has 0 amide bonds. The molecule has 126 valence electrons. The number of carbonyl (C=O) groups is 2. The van der Waals surface area contributed by atoms with Crippen molar-refractivity contribution in [1.82, 2.24) is 9.97 Å². The van der Waals surface area contributed by atoms with Gasteiger partial charge in [-0.25, -0.2) is 19.6 Å². The first kappa shape index (κ1) is 17.2. The molecule has 0 fully saturated rings. The first-order chi connectivity index (χ1) is 11.4. The molecular formula is C16H18N4O4. The summed E-state index contributed by atoms with van der Waals surface area (Å²) >= 11 is 0. The summed E-state index contributed by atoms with van der Waals surface area (Å²) in [6.45, 7) is 3.88. The largest absolute Gasteiger partial charge is 0.462 e. The second kappa shape index (κ2) is 7.40. The van der Waals surface area contributed by atoms with Crippen LogP contribution in [0, 0.1) is 0 Å². The minimum Gasteiger partial charge on any atom is -0.462 e. The van der Waals surface area contributed by atoms with Gasteiger partial charge in [0.05, 0.1) is 35.7 Å². The number of nitrogens with two attached hydrogens (primary N) is 2. The van der Waals surface area contributed by atoms with Gasteiger partial charge in [-0.2, -0.15) is 0 Å². The van der Waals surface area contributed by atoms with Crippen molar-refractivity contribution in [3.05, 3.63) is 35.4 Å². The van der Waals surface area contributed by atoms with Gasteiger partial charge in [0, 0.05) is 0 Å². The fraction of sp³-hybridized carbons (Fsp3) is 0.250. The predicted octanol–water partition coefficient (Wildman–Crippen LogP) is 1.66. The molecule has 0 radical (unpaired) electrons. The Morgan fingerprint density at radius 3 is 1.54 bits per heavy atom. The molecule has 0 aliphatic heterocycles. The van der Waals surface area contributed by atoms with Crippen LogP contribution in [0.1, 0.15) is 34.6 Å². The smallest absolute Gasteiger partial charge is 0.338 e. The first-order valence-electron chi connectivity index (χ1n) is 7.34. The molecule has 0 unspecified atom stereocenters. The van der Waals surface area contributed by atoms with Crippen molar-refractivity contribution in [3.8, 4) is 11.4 Å². The van der Waals surface area contributed by atoms with Gasteiger partial charge >= 0.3 is 11.9 Å². The number of hydrogen-bond acceptors (Lipinski definition) is 8. The van der Waals surface area contributed by atoms with Gasteiger partial charge in [-0.05, 0) is 38.1 Å². The van der Waals surface area contributed by atoms with E-state index in [1.807, 2.05) is 0 Å². The number of esters is 2. The zero-order valence-electron chi connectivity index (χ0n) is 13.4. The Hall–Kier alpha value is -3.16. The van der Waals surface area contributed by atoms with Gasteiger partial charge in [0.25, 0.3) is 0 Å². The Kier molecular flexibility index (Phi) is 5.31. The molecule has 0 aromatic carbocycles. The number of pyridine rings is 2. The summed E-state index contributed by atoms with van der Waals surface area (Å²) < 4.78 is 9.90. The van der Waals surface area contributed by atoms with Crippen molar-refractivity contribution in [2.45, 2.75) is 13.8 Å². The molecule has 8 heteroatoms. The molecule has 0 aliphatic carbocycles. The number of aromatic nitrogens is 2. The topological polar surface area (TPSA) is 130 Å². The number of anilines is 2. The molecule has 8 nitrogen and oxygen atoms in total. The average Bonchev–Trinajstić information content (AvgIpc) is 2.54. The molecule has 4 N–H and O–H groups in total. The molecule has 0 atom stereocenters. The summed E-state index contributed by atoms with van der Waals surface area (Å²) in [5.41, 5.74) is 12.6. The van der Waals surface area contributed by atoms with Crippen LogP contribution in [0.25, 0.3) is 11.4 Å². The molecule has 2 aromatic rings. The Balaban J connectivity index is 2.48. The van der Waals surface area contributed by atoms with Crippen LogP contribution in [-0.4, -0.2) is 35.1 Å². The first-order valence-corrected chi connectivity index (χ1v) is 7.34. The number of nitrogens with zero attached hydrogens (tertiary/aromatic N) is 2. The standard InChI is InChI=1S/C16H18N4O4/c1-3-23-15(21)9-5-11(19-13(17)7-9)12-6-10(8-14(18)20-12)16(22)24-4-2/h5-8H,3-4H2,1-2H3,(H2,17,19)(H2,18,20). The number of carbonyl (C=O) groups excluding carboxylic acids is 2. The normalized spacial score (nSPS) is 10.2. The highest BCUT2D eigenvalue weighted by atomic mass is 16.5. The zero-order chi connectivity index (χ0) is 17.7. The summed E-state index contributed by atoms with van der Waals surface area (Å²) in [6, 6.07) is 5.76. The minimum atomic E-state index is -0.526. The van der Waals surface area contributed by atoms with E-state index in [1.54, 1.807) is 13.8 Å². The van der Waals surface area contributed by atoms with Crippen molar-refractivity contribution < 1.29 is 19.1 Å². The van der Waals surface area contributed by atoms with Crippen molar-refractivity contribution in [3.63, 3.8) is 0 Å². The highest BCUT2D eigenvalue weighted by Crippen LogP contribution is 2.22. The van der Waals surface area contributed by atoms with E-state index in [9.17, 15) is 9.59 Å². The monoisotopic (exact) mass is 330 g/mol. The lowest BCUT2D eigenvalue weighted by atomic mass is 10.1. The van der Waals surface area contributed by atoms with Crippen LogP contribution in [0.5, 0.6) is 0 Å². The Morgan fingerprint density at radius 2 is 1.21 bits per heavy atom. The van der Waals surface area contributed by atoms with Gasteiger partial charge in [-0.3, -0.25) is 0 Å². The third kappa shape index (κ3) is 3.97. The molecule has 2 rings (SSSR count). The van der Waals surface area contributed by atoms with E-state index in [2.05, 4.69) is 9.97 Å². The minimum absolute atomic E-state index is 0.123. The van der Waals surface area contributed by atoms with E-state index < -0.39 is 11.9 Å². The van der Waals surface area contributed by atoms with Gasteiger partial charge in [0.1, 0.15) is 11.6 Å². The van der Waals surface area contributed by atoms with Gasteiger partial charge < -0.3 is 20.9 Å². The number of ether oxygens (including phenoxy) is 2. The van der Waals surface area contributed by atoms with E-state index in [0.29, 0.717) is 11.4 Å². The van der Waals surface area contributed by atoms with Crippen molar-refractivity contribution in [2.75, 3.05) is 24.7 Å². The summed E-state index contributed by atoms with van der Waals surface area (Å²) in [5, 5.41) is 0. The van der Waals surface area contributed by atoms with Gasteiger partial charge in [0.15, 0.2) is 0 Å². The van der Waals surface area contributed by atoms with E-state index in [0.717, 1.165) is 0 Å². The molecule has 0 aliphatic rings. The maximum Gasteiger partial charge on any atom is 0.338 e. The van der Waals surface area contributed by atoms with Gasteiger partial charge in [-0.15, -0.1) is 0 Å². The van der Waals surface area contributed by atoms with Crippen molar-refractivity contribution in [2.24, 2.45) is 0 Å². The maximum absolute atomic E-state index is 11.9. The summed E-state index contributed by atoms with van der Waals surface area (Å²) in [4.78, 5) is 32.0. The molecule has 2 aromatic heterocycles. The molecule has 0 saturated carbocycles. The highest BCUT2D eigenvalue weighted by molar-refractivity contribution is 5.93. The van der Waals surface area contributed by atoms with Crippen LogP contribution in [0.15, 0.2) is 24.3 Å². The molecular weight excluding hydrogens is 312 g/mol. The fourth-order valence-corrected chi connectivity index (χ4v) is 2.03. The Bertz CT molecular complexity index is 711. The number of rotatable bonds is 5. The van der Waals surface area contributed by atoms with E-state index >= 15 is 0 Å². The highest BCUT2D eigenvalue weighted by Gasteiger charge is 2.15. The van der Waals surface area contributed by atoms with Gasteiger partial charge in [-0.1, -0.05) is 0 Å². The lowest BCUT2D eigenvalue weighted by Crippen LogP contribution is -2.09. The molecule has 24 heavy (non-hydrogen) atoms. The van der Waals surface area contributed by atoms with E-state index in [1.165, 1.54) is 24.3 Å². The summed E-state index contributed by atoms with van der Waals surface area (Å²) in [7, 11) is 0. The van der Waals surface area contributed by atoms with E-state index in [-0.39, 0.29) is 36.0 Å². The van der Waals surface area contributed by atoms with Crippen LogP contribution in [-0.2, 0) is 9.47 Å². The summed E-state index contributed by atoms with van der Waals surface area (Å²) in [6.07, 6.45) is 0. The summed E-state index contributed by atoms with van der Waals surface area (Å²) in [5.74, 6) is -0.806. The second-order valence-electron chi connectivity index (χ2n) is 4.77. The average molecular weight is 330 g/mol. The third-order valence-corrected chi connectivity index (χ3v) is 2.98. The molecule has 0 saturated heterocycles. The Labute approximate surface area is 138 Å². The molecule has 2 heterocycles. The van der Waals surface area contributed by atoms with Crippen LogP contribution in [0.3, 0.4) is 0 Å². The van der Waals surface area contributed by atoms with Crippen molar-refractivity contribution >= 4 is 23.6 Å². The van der Waals surface area contributed by atoms with E-state index in [4.69, 9.17) is 20.9 Å². The molecule has 0 spiro atoms. The quantitative estimate of drug-likeness (QED) is 0.791. The SMILES string of the molecule is CCOC(=O)c1cc(N)nc(-c2cc(C(=O)OCC)cc(N)n2)c1. The second-order valence-corrected chi connectivity index (χ2v) is 4.77. The van der Waals surface area contributed by atoms with Crippen LogP contribution >= 0.6 is 0 Å². The lowest BCUT2D eigenvalue weighted by molar-refractivity contribution is 0.0516. The predicted molar refractivity (Wildman–Crippen MR) is 88.2 cm³/mol. The van der Waals surface area contributed by atoms with Gasteiger partial charge in [0.2, 0.25) is 0 Å². The maximum atomic E-state index is 11.9. The third-order valence-electron chi connectivity index (χ3n) is 2.98. The van der Waals surface area contributed by atoms with Crippen LogP contribution in [0.4, 0.5) is 11.6 Å². The zero-order valence-corrected chi connectivity index (χ0v) is 13.4. The van der Waals surface area contributed by atoms with Crippen LogP contribution in [0.2, 0.25) is 0 Å².